The van der Waals surface area contributed by atoms with Gasteiger partial charge in [0.25, 0.3) is 5.56 Å². The fourth-order valence-corrected chi connectivity index (χ4v) is 6.18. The number of amides is 2. The molecule has 0 radical (unpaired) electrons. The summed E-state index contributed by atoms with van der Waals surface area (Å²) in [6, 6.07) is 13.6. The number of piperidine rings is 1. The standard InChI is InChI=1S/C23H19N5O3/c1-11-20(30)28-15-9-5-3-7-13(15)23(22(28)24-11)10-16-19(29)26-17(23)18-25-14-8-4-2-6-12(14)21(31)27(16)18/h2-9,11,16-17,22,24H,10H2,1H3,(H,26,29)/t11-,16-,17+,22-,23?/m0/s1. The molecular weight excluding hydrogens is 394 g/mol. The maximum atomic E-state index is 13.4. The van der Waals surface area contributed by atoms with Crippen LogP contribution in [0.3, 0.4) is 0 Å². The Hall–Kier alpha value is -3.52. The van der Waals surface area contributed by atoms with E-state index in [1.807, 2.05) is 54.3 Å². The van der Waals surface area contributed by atoms with Crippen LogP contribution in [0.15, 0.2) is 53.3 Å². The van der Waals surface area contributed by atoms with Gasteiger partial charge in [-0.2, -0.15) is 0 Å². The van der Waals surface area contributed by atoms with Crippen molar-refractivity contribution >= 4 is 28.4 Å². The van der Waals surface area contributed by atoms with Gasteiger partial charge in [-0.1, -0.05) is 30.3 Å². The summed E-state index contributed by atoms with van der Waals surface area (Å²) in [4.78, 5) is 46.0. The van der Waals surface area contributed by atoms with E-state index in [9.17, 15) is 14.4 Å². The first-order valence-corrected chi connectivity index (χ1v) is 10.5. The summed E-state index contributed by atoms with van der Waals surface area (Å²) < 4.78 is 1.57. The van der Waals surface area contributed by atoms with Gasteiger partial charge in [-0.3, -0.25) is 29.2 Å². The normalized spacial score (nSPS) is 32.4. The van der Waals surface area contributed by atoms with Gasteiger partial charge in [0.1, 0.15) is 24.1 Å². The van der Waals surface area contributed by atoms with Gasteiger partial charge < -0.3 is 5.32 Å². The first-order chi connectivity index (χ1) is 15.0. The van der Waals surface area contributed by atoms with Gasteiger partial charge in [0, 0.05) is 5.69 Å². The maximum absolute atomic E-state index is 13.4. The summed E-state index contributed by atoms with van der Waals surface area (Å²) in [7, 11) is 0. The number of para-hydroxylation sites is 2. The summed E-state index contributed by atoms with van der Waals surface area (Å²) >= 11 is 0. The molecule has 2 aromatic carbocycles. The van der Waals surface area contributed by atoms with E-state index in [0.717, 1.165) is 11.3 Å². The summed E-state index contributed by atoms with van der Waals surface area (Å²) in [5.74, 6) is 0.409. The number of carbonyl (C=O) groups is 2. The summed E-state index contributed by atoms with van der Waals surface area (Å²) in [5, 5.41) is 7.12. The second-order valence-electron chi connectivity index (χ2n) is 8.88. The lowest BCUT2D eigenvalue weighted by Crippen LogP contribution is -2.66. The van der Waals surface area contributed by atoms with Gasteiger partial charge in [-0.15, -0.1) is 0 Å². The highest BCUT2D eigenvalue weighted by Gasteiger charge is 2.67. The third kappa shape index (κ3) is 1.82. The van der Waals surface area contributed by atoms with Crippen LogP contribution in [-0.4, -0.2) is 33.6 Å². The number of hydrogen-bond acceptors (Lipinski definition) is 5. The minimum absolute atomic E-state index is 0.0194. The number of anilines is 1. The van der Waals surface area contributed by atoms with E-state index >= 15 is 0 Å². The molecule has 2 saturated heterocycles. The van der Waals surface area contributed by atoms with Crippen molar-refractivity contribution in [1.82, 2.24) is 20.2 Å². The highest BCUT2D eigenvalue weighted by atomic mass is 16.2. The van der Waals surface area contributed by atoms with E-state index in [-0.39, 0.29) is 29.6 Å². The van der Waals surface area contributed by atoms with Crippen molar-refractivity contribution in [2.45, 2.75) is 43.1 Å². The molecule has 6 heterocycles. The molecule has 0 aliphatic carbocycles. The molecule has 3 aromatic rings. The van der Waals surface area contributed by atoms with Crippen molar-refractivity contribution in [3.63, 3.8) is 0 Å². The predicted molar refractivity (Wildman–Crippen MR) is 113 cm³/mol. The van der Waals surface area contributed by atoms with Crippen LogP contribution in [0.5, 0.6) is 0 Å². The predicted octanol–water partition coefficient (Wildman–Crippen LogP) is 1.11. The molecule has 154 valence electrons. The molecule has 31 heavy (non-hydrogen) atoms. The molecule has 2 fully saturated rings. The van der Waals surface area contributed by atoms with Gasteiger partial charge in [-0.25, -0.2) is 4.98 Å². The van der Waals surface area contributed by atoms with Crippen LogP contribution in [0.1, 0.15) is 36.8 Å². The quantitative estimate of drug-likeness (QED) is 0.576. The number of aromatic nitrogens is 2. The zero-order chi connectivity index (χ0) is 21.1. The minimum Gasteiger partial charge on any atom is -0.343 e. The van der Waals surface area contributed by atoms with Crippen molar-refractivity contribution in [2.24, 2.45) is 0 Å². The van der Waals surface area contributed by atoms with Gasteiger partial charge in [0.05, 0.1) is 22.4 Å². The fraction of sp³-hybridized carbons (Fsp3) is 0.304. The molecule has 2 amide bonds. The average molecular weight is 413 g/mol. The van der Waals surface area contributed by atoms with Crippen LogP contribution in [0, 0.1) is 0 Å². The van der Waals surface area contributed by atoms with E-state index in [4.69, 9.17) is 4.98 Å². The molecule has 1 unspecified atom stereocenters. The van der Waals surface area contributed by atoms with Gasteiger partial charge in [-0.05, 0) is 37.1 Å². The molecule has 1 aromatic heterocycles. The second-order valence-corrected chi connectivity index (χ2v) is 8.88. The average Bonchev–Trinajstić information content (AvgIpc) is 3.22. The van der Waals surface area contributed by atoms with Crippen LogP contribution in [-0.2, 0) is 15.0 Å². The Morgan fingerprint density at radius 2 is 1.84 bits per heavy atom. The van der Waals surface area contributed by atoms with Gasteiger partial charge in [0.15, 0.2) is 0 Å². The van der Waals surface area contributed by atoms with Crippen molar-refractivity contribution in [3.8, 4) is 0 Å². The van der Waals surface area contributed by atoms with Crippen LogP contribution < -0.4 is 21.1 Å². The van der Waals surface area contributed by atoms with Crippen LogP contribution >= 0.6 is 0 Å². The molecule has 8 heteroatoms. The highest BCUT2D eigenvalue weighted by molar-refractivity contribution is 6.03. The second kappa shape index (κ2) is 5.39. The molecule has 0 saturated carbocycles. The smallest absolute Gasteiger partial charge is 0.262 e. The van der Waals surface area contributed by atoms with Crippen molar-refractivity contribution in [2.75, 3.05) is 4.90 Å². The number of carbonyl (C=O) groups excluding carboxylic acids is 2. The number of benzene rings is 2. The summed E-state index contributed by atoms with van der Waals surface area (Å²) in [6.45, 7) is 1.86. The Kier molecular flexibility index (Phi) is 2.99. The topological polar surface area (TPSA) is 96.3 Å². The first-order valence-electron chi connectivity index (χ1n) is 10.5. The van der Waals surface area contributed by atoms with Gasteiger partial charge >= 0.3 is 0 Å². The number of hydrogen-bond donors (Lipinski definition) is 2. The van der Waals surface area contributed by atoms with E-state index in [1.54, 1.807) is 10.6 Å². The van der Waals surface area contributed by atoms with Gasteiger partial charge in [0.2, 0.25) is 11.8 Å². The molecule has 5 aliphatic rings. The molecule has 2 N–H and O–H groups in total. The molecule has 1 spiro atoms. The van der Waals surface area contributed by atoms with Crippen LogP contribution in [0.2, 0.25) is 0 Å². The van der Waals surface area contributed by atoms with E-state index in [2.05, 4.69) is 10.6 Å². The number of nitrogens with zero attached hydrogens (tertiary/aromatic N) is 3. The lowest BCUT2D eigenvalue weighted by Gasteiger charge is -2.52. The molecule has 2 bridgehead atoms. The minimum atomic E-state index is -0.676. The van der Waals surface area contributed by atoms with E-state index < -0.39 is 17.5 Å². The lowest BCUT2D eigenvalue weighted by molar-refractivity contribution is -0.132. The molecular formula is C23H19N5O3. The highest BCUT2D eigenvalue weighted by Crippen LogP contribution is 2.59. The molecule has 5 atom stereocenters. The van der Waals surface area contributed by atoms with Crippen molar-refractivity contribution in [1.29, 1.82) is 0 Å². The Bertz CT molecular complexity index is 1400. The van der Waals surface area contributed by atoms with Crippen LogP contribution in [0.25, 0.3) is 10.9 Å². The third-order valence-electron chi connectivity index (χ3n) is 7.47. The van der Waals surface area contributed by atoms with Crippen molar-refractivity contribution in [3.05, 3.63) is 70.3 Å². The molecule has 8 nitrogen and oxygen atoms in total. The number of fused-ring (bicyclic) bond motifs is 5. The maximum Gasteiger partial charge on any atom is 0.262 e. The SMILES string of the molecule is C[C@@H]1N[C@H]2N(C1=O)c1ccccc1C21C[C@H]2C(=O)N[C@@H]1c1nc3ccccc3c(=O)n12. The summed E-state index contributed by atoms with van der Waals surface area (Å²) in [5.41, 5.74) is 1.70. The van der Waals surface area contributed by atoms with E-state index in [1.165, 1.54) is 0 Å². The Morgan fingerprint density at radius 3 is 2.71 bits per heavy atom. The molecule has 8 rings (SSSR count). The number of rotatable bonds is 0. The van der Waals surface area contributed by atoms with Crippen molar-refractivity contribution < 1.29 is 9.59 Å². The largest absolute Gasteiger partial charge is 0.343 e. The fourth-order valence-electron chi connectivity index (χ4n) is 6.18. The number of nitrogens with one attached hydrogen (secondary N) is 2. The Morgan fingerprint density at radius 1 is 1.06 bits per heavy atom. The zero-order valence-electron chi connectivity index (χ0n) is 16.7. The lowest BCUT2D eigenvalue weighted by atomic mass is 9.64. The summed E-state index contributed by atoms with van der Waals surface area (Å²) in [6.07, 6.45) is 0.124. The third-order valence-corrected chi connectivity index (χ3v) is 7.47. The monoisotopic (exact) mass is 413 g/mol. The Labute approximate surface area is 176 Å². The van der Waals surface area contributed by atoms with Crippen LogP contribution in [0.4, 0.5) is 5.69 Å². The first kappa shape index (κ1) is 17.2. The zero-order valence-corrected chi connectivity index (χ0v) is 16.7. The van der Waals surface area contributed by atoms with E-state index in [0.29, 0.717) is 23.1 Å². The molecule has 5 aliphatic heterocycles. The Balaban J connectivity index is 1.54.